The van der Waals surface area contributed by atoms with Crippen molar-refractivity contribution in [2.45, 2.75) is 75.3 Å². The van der Waals surface area contributed by atoms with Crippen LogP contribution in [-0.2, 0) is 14.2 Å². The molecule has 2 fully saturated rings. The Morgan fingerprint density at radius 3 is 2.09 bits per heavy atom. The molecule has 0 saturated carbocycles. The van der Waals surface area contributed by atoms with Crippen LogP contribution in [0, 0.1) is 6.92 Å². The standard InChI is InChI=1S/C28H32O15/c1-9-13(30)7-14(31)16-19(34)26(25(42-24(9)16)11-3-5-12(29)6-4-11)43-28-23(38)21(36)18(33)15(41-28)8-39-27-22(37)20(35)17(32)10(2)40-27/h3-7,10,15,17-18,20-23,27-33,35-38H,8H2,1-2H3/t10-,15+,17-,18-,20+,21-,22+,23+,27+,28-/m0/s1. The van der Waals surface area contributed by atoms with E-state index in [2.05, 4.69) is 0 Å². The summed E-state index contributed by atoms with van der Waals surface area (Å²) in [5.74, 6) is -1.91. The van der Waals surface area contributed by atoms with Gasteiger partial charge in [0.05, 0.1) is 12.7 Å². The van der Waals surface area contributed by atoms with Gasteiger partial charge in [-0.2, -0.15) is 0 Å². The minimum Gasteiger partial charge on any atom is -0.508 e. The predicted molar refractivity (Wildman–Crippen MR) is 143 cm³/mol. The van der Waals surface area contributed by atoms with Crippen molar-refractivity contribution in [3.8, 4) is 34.3 Å². The first-order valence-corrected chi connectivity index (χ1v) is 13.3. The number of benzene rings is 2. The molecule has 15 nitrogen and oxygen atoms in total. The Morgan fingerprint density at radius 2 is 1.42 bits per heavy atom. The third-order valence-electron chi connectivity index (χ3n) is 7.59. The zero-order valence-corrected chi connectivity index (χ0v) is 22.8. The third-order valence-corrected chi connectivity index (χ3v) is 7.59. The van der Waals surface area contributed by atoms with Crippen molar-refractivity contribution < 1.29 is 69.3 Å². The lowest BCUT2D eigenvalue weighted by Crippen LogP contribution is -2.61. The number of rotatable bonds is 6. The van der Waals surface area contributed by atoms with Gasteiger partial charge < -0.3 is 69.3 Å². The highest BCUT2D eigenvalue weighted by Crippen LogP contribution is 2.39. The summed E-state index contributed by atoms with van der Waals surface area (Å²) in [5.41, 5.74) is -0.773. The van der Waals surface area contributed by atoms with Crippen molar-refractivity contribution >= 4 is 11.0 Å². The van der Waals surface area contributed by atoms with Gasteiger partial charge in [-0.25, -0.2) is 0 Å². The van der Waals surface area contributed by atoms with E-state index in [1.54, 1.807) is 0 Å². The molecule has 2 aliphatic rings. The molecular formula is C28H32O15. The van der Waals surface area contributed by atoms with Crippen LogP contribution in [0.5, 0.6) is 23.0 Å². The van der Waals surface area contributed by atoms with E-state index in [9.17, 15) is 50.8 Å². The van der Waals surface area contributed by atoms with Gasteiger partial charge in [0.25, 0.3) is 0 Å². The molecule has 1 aromatic heterocycles. The lowest BCUT2D eigenvalue weighted by Gasteiger charge is -2.42. The average molecular weight is 609 g/mol. The molecule has 3 heterocycles. The highest BCUT2D eigenvalue weighted by molar-refractivity contribution is 5.90. The van der Waals surface area contributed by atoms with Crippen molar-refractivity contribution in [2.75, 3.05) is 6.61 Å². The second-order valence-corrected chi connectivity index (χ2v) is 10.5. The monoisotopic (exact) mass is 608 g/mol. The maximum absolute atomic E-state index is 13.7. The number of hydrogen-bond donors (Lipinski definition) is 9. The van der Waals surface area contributed by atoms with E-state index < -0.39 is 84.9 Å². The number of aliphatic hydroxyl groups is 6. The summed E-state index contributed by atoms with van der Waals surface area (Å²) in [6, 6.07) is 6.32. The molecule has 9 N–H and O–H groups in total. The number of ether oxygens (including phenoxy) is 4. The van der Waals surface area contributed by atoms with Gasteiger partial charge >= 0.3 is 0 Å². The van der Waals surface area contributed by atoms with Crippen molar-refractivity contribution in [3.63, 3.8) is 0 Å². The quantitative estimate of drug-likeness (QED) is 0.161. The van der Waals surface area contributed by atoms with Crippen molar-refractivity contribution in [1.82, 2.24) is 0 Å². The first-order chi connectivity index (χ1) is 20.3. The number of hydrogen-bond acceptors (Lipinski definition) is 15. The molecule has 234 valence electrons. The Labute approximate surface area is 242 Å². The number of phenolic OH excluding ortho intramolecular Hbond substituents is 3. The summed E-state index contributed by atoms with van der Waals surface area (Å²) in [7, 11) is 0. The lowest BCUT2D eigenvalue weighted by molar-refractivity contribution is -0.318. The second kappa shape index (κ2) is 11.9. The number of phenols is 3. The maximum atomic E-state index is 13.7. The fourth-order valence-electron chi connectivity index (χ4n) is 4.96. The molecule has 0 aliphatic carbocycles. The van der Waals surface area contributed by atoms with E-state index in [0.717, 1.165) is 6.07 Å². The molecule has 2 aromatic carbocycles. The van der Waals surface area contributed by atoms with Gasteiger partial charge in [-0.3, -0.25) is 4.79 Å². The molecule has 0 radical (unpaired) electrons. The van der Waals surface area contributed by atoms with Crippen molar-refractivity contribution in [2.24, 2.45) is 0 Å². The number of aromatic hydroxyl groups is 3. The van der Waals surface area contributed by atoms with Crippen LogP contribution in [0.4, 0.5) is 0 Å². The normalized spacial score (nSPS) is 33.0. The summed E-state index contributed by atoms with van der Waals surface area (Å²) in [6.07, 6.45) is -15.8. The first kappa shape index (κ1) is 30.9. The van der Waals surface area contributed by atoms with Gasteiger partial charge in [-0.05, 0) is 38.1 Å². The molecule has 43 heavy (non-hydrogen) atoms. The van der Waals surface area contributed by atoms with Gasteiger partial charge in [0.15, 0.2) is 12.1 Å². The molecule has 2 aliphatic heterocycles. The molecule has 0 unspecified atom stereocenters. The summed E-state index contributed by atoms with van der Waals surface area (Å²) < 4.78 is 28.2. The van der Waals surface area contributed by atoms with Gasteiger partial charge in [0.1, 0.15) is 70.9 Å². The van der Waals surface area contributed by atoms with Crippen LogP contribution in [-0.4, -0.2) is 114 Å². The fourth-order valence-corrected chi connectivity index (χ4v) is 4.96. The van der Waals surface area contributed by atoms with Crippen LogP contribution in [0.25, 0.3) is 22.3 Å². The minimum atomic E-state index is -1.92. The molecule has 3 aromatic rings. The molecular weight excluding hydrogens is 576 g/mol. The molecule has 10 atom stereocenters. The third kappa shape index (κ3) is 5.62. The Bertz CT molecular complexity index is 1520. The van der Waals surface area contributed by atoms with E-state index >= 15 is 0 Å². The highest BCUT2D eigenvalue weighted by Gasteiger charge is 2.47. The van der Waals surface area contributed by atoms with Gasteiger partial charge in [-0.15, -0.1) is 0 Å². The number of fused-ring (bicyclic) bond motifs is 1. The van der Waals surface area contributed by atoms with E-state index in [1.165, 1.54) is 38.1 Å². The van der Waals surface area contributed by atoms with Crippen LogP contribution in [0.3, 0.4) is 0 Å². The zero-order chi connectivity index (χ0) is 31.3. The van der Waals surface area contributed by atoms with Gasteiger partial charge in [0.2, 0.25) is 17.5 Å². The number of aliphatic hydroxyl groups excluding tert-OH is 6. The van der Waals surface area contributed by atoms with Crippen molar-refractivity contribution in [1.29, 1.82) is 0 Å². The number of aryl methyl sites for hydroxylation is 1. The summed E-state index contributed by atoms with van der Waals surface area (Å²) in [4.78, 5) is 13.7. The molecule has 5 rings (SSSR count). The largest absolute Gasteiger partial charge is 0.508 e. The second-order valence-electron chi connectivity index (χ2n) is 10.5. The summed E-state index contributed by atoms with van der Waals surface area (Å²) in [6.45, 7) is 2.32. The van der Waals surface area contributed by atoms with Crippen molar-refractivity contribution in [3.05, 3.63) is 46.1 Å². The van der Waals surface area contributed by atoms with Crippen LogP contribution in [0.2, 0.25) is 0 Å². The van der Waals surface area contributed by atoms with Gasteiger partial charge in [-0.1, -0.05) is 0 Å². The zero-order valence-electron chi connectivity index (χ0n) is 22.8. The SMILES string of the molecule is Cc1c(O)cc(O)c2c(=O)c(O[C@@H]3O[C@H](CO[C@@H]4O[C@@H](C)[C@H](O)[C@@H](O)[C@H]4O)[C@H](O)[C@H](O)[C@H]3O)c(-c3ccc(O)cc3)oc12. The highest BCUT2D eigenvalue weighted by atomic mass is 16.7. The van der Waals surface area contributed by atoms with Crippen LogP contribution in [0.1, 0.15) is 12.5 Å². The Hall–Kier alpha value is -3.51. The minimum absolute atomic E-state index is 0.102. The maximum Gasteiger partial charge on any atom is 0.239 e. The van der Waals surface area contributed by atoms with Crippen LogP contribution >= 0.6 is 0 Å². The Balaban J connectivity index is 1.48. The topological polar surface area (TPSA) is 249 Å². The lowest BCUT2D eigenvalue weighted by atomic mass is 9.98. The fraction of sp³-hybridized carbons (Fsp3) is 0.464. The average Bonchev–Trinajstić information content (AvgIpc) is 2.97. The molecule has 15 heteroatoms. The van der Waals surface area contributed by atoms with Crippen LogP contribution < -0.4 is 10.2 Å². The molecule has 2 saturated heterocycles. The molecule has 0 amide bonds. The predicted octanol–water partition coefficient (Wildman–Crippen LogP) is -1.08. The van der Waals surface area contributed by atoms with Gasteiger partial charge in [0, 0.05) is 17.2 Å². The summed E-state index contributed by atoms with van der Waals surface area (Å²) >= 11 is 0. The smallest absolute Gasteiger partial charge is 0.239 e. The first-order valence-electron chi connectivity index (χ1n) is 13.3. The van der Waals surface area contributed by atoms with E-state index in [1.807, 2.05) is 0 Å². The Morgan fingerprint density at radius 1 is 0.791 bits per heavy atom. The van der Waals surface area contributed by atoms with E-state index in [0.29, 0.717) is 0 Å². The Kier molecular flexibility index (Phi) is 8.54. The van der Waals surface area contributed by atoms with E-state index in [4.69, 9.17) is 23.4 Å². The van der Waals surface area contributed by atoms with Crippen LogP contribution in [0.15, 0.2) is 39.5 Å². The summed E-state index contributed by atoms with van der Waals surface area (Å²) in [5, 5.41) is 92.0. The molecule has 0 bridgehead atoms. The van der Waals surface area contributed by atoms with E-state index in [-0.39, 0.29) is 39.4 Å². The molecule has 0 spiro atoms.